The zero-order valence-corrected chi connectivity index (χ0v) is 12.6. The number of carbonyl (C=O) groups excluding carboxylic acids is 1. The minimum atomic E-state index is -4.16. The van der Waals surface area contributed by atoms with Crippen LogP contribution in [0.1, 0.15) is 26.7 Å². The third-order valence-electron chi connectivity index (χ3n) is 3.36. The van der Waals surface area contributed by atoms with Crippen LogP contribution >= 0.6 is 12.4 Å². The molecule has 1 atom stereocenters. The topological polar surface area (TPSA) is 58.4 Å². The maximum atomic E-state index is 12.2. The zero-order chi connectivity index (χ0) is 14.6. The molecule has 0 bridgehead atoms. The quantitative estimate of drug-likeness (QED) is 0.827. The Labute approximate surface area is 123 Å². The van der Waals surface area contributed by atoms with E-state index in [1.165, 1.54) is 4.90 Å². The number of nitrogens with zero attached hydrogens (tertiary/aromatic N) is 1. The van der Waals surface area contributed by atoms with Crippen LogP contribution in [0.5, 0.6) is 0 Å². The summed E-state index contributed by atoms with van der Waals surface area (Å²) in [6.45, 7) is 3.54. The smallest absolute Gasteiger partial charge is 0.352 e. The first-order valence-corrected chi connectivity index (χ1v) is 6.54. The Kier molecular flexibility index (Phi) is 7.83. The molecule has 0 aromatic heterocycles. The number of carbonyl (C=O) groups is 1. The van der Waals surface area contributed by atoms with E-state index >= 15 is 0 Å². The van der Waals surface area contributed by atoms with Gasteiger partial charge in [-0.15, -0.1) is 12.4 Å². The summed E-state index contributed by atoms with van der Waals surface area (Å²) in [4.78, 5) is 13.1. The highest BCUT2D eigenvalue weighted by molar-refractivity contribution is 5.85. The Bertz CT molecular complexity index is 305. The molecule has 1 fully saturated rings. The Balaban J connectivity index is 0.00000361. The van der Waals surface area contributed by atoms with Gasteiger partial charge in [-0.25, -0.2) is 0 Å². The molecule has 0 spiro atoms. The maximum Gasteiger partial charge on any atom is 0.401 e. The molecule has 0 radical (unpaired) electrons. The number of halogens is 4. The van der Waals surface area contributed by atoms with E-state index in [4.69, 9.17) is 5.73 Å². The molecular formula is C12H23ClF3N3O. The molecule has 3 N–H and O–H groups in total. The van der Waals surface area contributed by atoms with Crippen molar-refractivity contribution in [1.29, 1.82) is 0 Å². The van der Waals surface area contributed by atoms with Gasteiger partial charge in [0.2, 0.25) is 5.91 Å². The van der Waals surface area contributed by atoms with Crippen LogP contribution < -0.4 is 11.1 Å². The summed E-state index contributed by atoms with van der Waals surface area (Å²) in [5.74, 6) is -0.172. The van der Waals surface area contributed by atoms with Crippen molar-refractivity contribution in [2.24, 2.45) is 11.7 Å². The van der Waals surface area contributed by atoms with E-state index in [2.05, 4.69) is 5.32 Å². The fourth-order valence-electron chi connectivity index (χ4n) is 2.09. The van der Waals surface area contributed by atoms with Crippen molar-refractivity contribution in [2.45, 2.75) is 44.9 Å². The van der Waals surface area contributed by atoms with Gasteiger partial charge in [0, 0.05) is 19.1 Å². The fraction of sp³-hybridized carbons (Fsp3) is 0.917. The molecule has 0 aromatic carbocycles. The maximum absolute atomic E-state index is 12.2. The van der Waals surface area contributed by atoms with Crippen molar-refractivity contribution in [3.63, 3.8) is 0 Å². The van der Waals surface area contributed by atoms with Crippen molar-refractivity contribution in [3.8, 4) is 0 Å². The number of rotatable bonds is 4. The second-order valence-corrected chi connectivity index (χ2v) is 5.44. The molecule has 1 aliphatic rings. The Morgan fingerprint density at radius 3 is 2.25 bits per heavy atom. The molecule has 0 aliphatic carbocycles. The lowest BCUT2D eigenvalue weighted by Gasteiger charge is -2.33. The summed E-state index contributed by atoms with van der Waals surface area (Å²) in [5.41, 5.74) is 5.72. The van der Waals surface area contributed by atoms with Crippen LogP contribution in [-0.2, 0) is 4.79 Å². The fourth-order valence-corrected chi connectivity index (χ4v) is 2.09. The Morgan fingerprint density at radius 2 is 1.85 bits per heavy atom. The summed E-state index contributed by atoms with van der Waals surface area (Å²) in [6.07, 6.45) is -3.09. The normalized spacial score (nSPS) is 19.6. The monoisotopic (exact) mass is 317 g/mol. The van der Waals surface area contributed by atoms with Gasteiger partial charge in [-0.2, -0.15) is 13.2 Å². The second kappa shape index (κ2) is 8.05. The number of nitrogens with two attached hydrogens (primary N) is 1. The summed E-state index contributed by atoms with van der Waals surface area (Å²) in [6, 6.07) is -0.630. The number of amides is 1. The third-order valence-corrected chi connectivity index (χ3v) is 3.36. The Hall–Kier alpha value is -0.530. The minimum absolute atomic E-state index is 0. The van der Waals surface area contributed by atoms with Gasteiger partial charge in [0.15, 0.2) is 0 Å². The summed E-state index contributed by atoms with van der Waals surface area (Å²) in [5, 5.41) is 2.81. The Morgan fingerprint density at radius 1 is 1.35 bits per heavy atom. The summed E-state index contributed by atoms with van der Waals surface area (Å²) in [7, 11) is 0. The van der Waals surface area contributed by atoms with E-state index in [-0.39, 0.29) is 30.3 Å². The lowest BCUT2D eigenvalue weighted by Crippen LogP contribution is -2.51. The molecule has 120 valence electrons. The molecule has 0 aromatic rings. The van der Waals surface area contributed by atoms with Crippen LogP contribution in [0.15, 0.2) is 0 Å². The first-order valence-electron chi connectivity index (χ1n) is 6.54. The van der Waals surface area contributed by atoms with E-state index < -0.39 is 18.8 Å². The average Bonchev–Trinajstić information content (AvgIpc) is 2.28. The minimum Gasteiger partial charge on any atom is -0.352 e. The van der Waals surface area contributed by atoms with E-state index in [1.807, 2.05) is 13.8 Å². The number of hydrogen-bond acceptors (Lipinski definition) is 3. The predicted octanol–water partition coefficient (Wildman–Crippen LogP) is 1.53. The van der Waals surface area contributed by atoms with Crippen LogP contribution in [0.3, 0.4) is 0 Å². The van der Waals surface area contributed by atoms with E-state index in [1.54, 1.807) is 0 Å². The van der Waals surface area contributed by atoms with E-state index in [0.29, 0.717) is 25.9 Å². The van der Waals surface area contributed by atoms with Crippen LogP contribution in [-0.4, -0.2) is 48.7 Å². The lowest BCUT2D eigenvalue weighted by atomic mass is 10.0. The highest BCUT2D eigenvalue weighted by Crippen LogP contribution is 2.19. The largest absolute Gasteiger partial charge is 0.401 e. The van der Waals surface area contributed by atoms with Crippen LogP contribution in [0, 0.1) is 5.92 Å². The van der Waals surface area contributed by atoms with Gasteiger partial charge in [-0.1, -0.05) is 13.8 Å². The van der Waals surface area contributed by atoms with Gasteiger partial charge < -0.3 is 11.1 Å². The molecule has 1 rings (SSSR count). The number of nitrogens with one attached hydrogen (secondary N) is 1. The SMILES string of the molecule is CC(C)[C@H](N)C(=O)NC1CCN(CC(F)(F)F)CC1.Cl. The number of piperidine rings is 1. The lowest BCUT2D eigenvalue weighted by molar-refractivity contribution is -0.148. The van der Waals surface area contributed by atoms with Gasteiger partial charge in [0.1, 0.15) is 0 Å². The molecule has 1 aliphatic heterocycles. The molecule has 20 heavy (non-hydrogen) atoms. The van der Waals surface area contributed by atoms with E-state index in [9.17, 15) is 18.0 Å². The molecule has 1 heterocycles. The van der Waals surface area contributed by atoms with Gasteiger partial charge in [-0.3, -0.25) is 9.69 Å². The highest BCUT2D eigenvalue weighted by atomic mass is 35.5. The molecule has 0 saturated carbocycles. The van der Waals surface area contributed by atoms with Gasteiger partial charge in [0.25, 0.3) is 0 Å². The van der Waals surface area contributed by atoms with Crippen molar-refractivity contribution in [3.05, 3.63) is 0 Å². The van der Waals surface area contributed by atoms with Gasteiger partial charge >= 0.3 is 6.18 Å². The van der Waals surface area contributed by atoms with Crippen LogP contribution in [0.2, 0.25) is 0 Å². The van der Waals surface area contributed by atoms with E-state index in [0.717, 1.165) is 0 Å². The molecule has 1 saturated heterocycles. The molecular weight excluding hydrogens is 295 g/mol. The third kappa shape index (κ3) is 6.76. The van der Waals surface area contributed by atoms with Gasteiger partial charge in [-0.05, 0) is 18.8 Å². The van der Waals surface area contributed by atoms with Crippen molar-refractivity contribution in [2.75, 3.05) is 19.6 Å². The van der Waals surface area contributed by atoms with Crippen LogP contribution in [0.25, 0.3) is 0 Å². The standard InChI is InChI=1S/C12H22F3N3O.ClH/c1-8(2)10(16)11(19)17-9-3-5-18(6-4-9)7-12(13,14)15;/h8-10H,3-7,16H2,1-2H3,(H,17,19);1H/t10-;/m0./s1. The molecule has 8 heteroatoms. The van der Waals surface area contributed by atoms with Crippen molar-refractivity contribution in [1.82, 2.24) is 10.2 Å². The average molecular weight is 318 g/mol. The van der Waals surface area contributed by atoms with Crippen LogP contribution in [0.4, 0.5) is 13.2 Å². The summed E-state index contributed by atoms with van der Waals surface area (Å²) < 4.78 is 36.6. The number of likely N-dealkylation sites (tertiary alicyclic amines) is 1. The second-order valence-electron chi connectivity index (χ2n) is 5.44. The molecule has 1 amide bonds. The van der Waals surface area contributed by atoms with Gasteiger partial charge in [0.05, 0.1) is 12.6 Å². The first kappa shape index (κ1) is 19.5. The number of hydrogen-bond donors (Lipinski definition) is 2. The molecule has 0 unspecified atom stereocenters. The number of alkyl halides is 3. The van der Waals surface area contributed by atoms with Crippen molar-refractivity contribution >= 4 is 18.3 Å². The molecule has 4 nitrogen and oxygen atoms in total. The predicted molar refractivity (Wildman–Crippen MR) is 73.7 cm³/mol. The zero-order valence-electron chi connectivity index (χ0n) is 11.7. The highest BCUT2D eigenvalue weighted by Gasteiger charge is 2.33. The van der Waals surface area contributed by atoms with Crippen molar-refractivity contribution < 1.29 is 18.0 Å². The summed E-state index contributed by atoms with van der Waals surface area (Å²) >= 11 is 0. The first-order chi connectivity index (χ1) is 8.69.